The SMILES string of the molecule is CCN1C(=O)/C(=C\c2cccc(OCC(=O)O)c2)SC1=Nc1ccccc1F. The van der Waals surface area contributed by atoms with Gasteiger partial charge < -0.3 is 9.84 Å². The predicted octanol–water partition coefficient (Wildman–Crippen LogP) is 3.91. The summed E-state index contributed by atoms with van der Waals surface area (Å²) in [5.41, 5.74) is 0.850. The monoisotopic (exact) mass is 400 g/mol. The molecule has 144 valence electrons. The maximum absolute atomic E-state index is 13.9. The summed E-state index contributed by atoms with van der Waals surface area (Å²) in [5, 5.41) is 9.11. The van der Waals surface area contributed by atoms with Crippen molar-refractivity contribution in [1.82, 2.24) is 4.90 Å². The molecule has 1 N–H and O–H groups in total. The summed E-state index contributed by atoms with van der Waals surface area (Å²) in [7, 11) is 0. The van der Waals surface area contributed by atoms with Gasteiger partial charge in [-0.2, -0.15) is 0 Å². The van der Waals surface area contributed by atoms with E-state index in [0.717, 1.165) is 11.8 Å². The normalized spacial score (nSPS) is 16.8. The largest absolute Gasteiger partial charge is 0.482 e. The number of amidine groups is 1. The number of aliphatic carboxylic acids is 1. The molecule has 1 aliphatic heterocycles. The lowest BCUT2D eigenvalue weighted by atomic mass is 10.2. The van der Waals surface area contributed by atoms with Crippen LogP contribution in [0.25, 0.3) is 6.08 Å². The molecule has 8 heteroatoms. The second-order valence-electron chi connectivity index (χ2n) is 5.76. The summed E-state index contributed by atoms with van der Waals surface area (Å²) in [5.74, 6) is -1.36. The topological polar surface area (TPSA) is 79.2 Å². The van der Waals surface area contributed by atoms with Crippen molar-refractivity contribution in [1.29, 1.82) is 0 Å². The van der Waals surface area contributed by atoms with E-state index in [1.807, 2.05) is 6.92 Å². The fourth-order valence-electron chi connectivity index (χ4n) is 2.51. The van der Waals surface area contributed by atoms with Crippen LogP contribution in [0, 0.1) is 5.82 Å². The molecule has 1 saturated heterocycles. The highest BCUT2D eigenvalue weighted by Crippen LogP contribution is 2.34. The number of hydrogen-bond donors (Lipinski definition) is 1. The highest BCUT2D eigenvalue weighted by atomic mass is 32.2. The van der Waals surface area contributed by atoms with E-state index in [-0.39, 0.29) is 11.6 Å². The number of carbonyl (C=O) groups is 2. The summed E-state index contributed by atoms with van der Waals surface area (Å²) in [6, 6.07) is 12.9. The van der Waals surface area contributed by atoms with E-state index in [1.165, 1.54) is 11.0 Å². The smallest absolute Gasteiger partial charge is 0.341 e. The number of benzene rings is 2. The van der Waals surface area contributed by atoms with Crippen molar-refractivity contribution in [2.45, 2.75) is 6.92 Å². The van der Waals surface area contributed by atoms with Gasteiger partial charge in [0.15, 0.2) is 11.8 Å². The van der Waals surface area contributed by atoms with Gasteiger partial charge in [-0.1, -0.05) is 24.3 Å². The first-order valence-electron chi connectivity index (χ1n) is 8.47. The van der Waals surface area contributed by atoms with Crippen LogP contribution < -0.4 is 4.74 Å². The van der Waals surface area contributed by atoms with Gasteiger partial charge in [0.05, 0.1) is 4.91 Å². The highest BCUT2D eigenvalue weighted by molar-refractivity contribution is 8.18. The van der Waals surface area contributed by atoms with E-state index in [0.29, 0.717) is 27.9 Å². The van der Waals surface area contributed by atoms with Gasteiger partial charge >= 0.3 is 5.97 Å². The third-order valence-electron chi connectivity index (χ3n) is 3.79. The van der Waals surface area contributed by atoms with E-state index >= 15 is 0 Å². The van der Waals surface area contributed by atoms with E-state index in [4.69, 9.17) is 9.84 Å². The highest BCUT2D eigenvalue weighted by Gasteiger charge is 2.32. The van der Waals surface area contributed by atoms with Gasteiger partial charge in [0, 0.05) is 6.54 Å². The number of nitrogens with zero attached hydrogens (tertiary/aromatic N) is 2. The Hall–Kier alpha value is -3.13. The number of carboxylic acids is 1. The molecular weight excluding hydrogens is 383 g/mol. The summed E-state index contributed by atoms with van der Waals surface area (Å²) >= 11 is 1.16. The molecule has 1 fully saturated rings. The van der Waals surface area contributed by atoms with Crippen LogP contribution in [-0.2, 0) is 9.59 Å². The first kappa shape index (κ1) is 19.6. The lowest BCUT2D eigenvalue weighted by Crippen LogP contribution is -2.28. The first-order valence-corrected chi connectivity index (χ1v) is 9.29. The Labute approximate surface area is 165 Å². The van der Waals surface area contributed by atoms with Crippen LogP contribution >= 0.6 is 11.8 Å². The molecule has 0 radical (unpaired) electrons. The molecule has 3 rings (SSSR count). The molecule has 1 aliphatic rings. The molecule has 0 aromatic heterocycles. The number of carbonyl (C=O) groups excluding carboxylic acids is 1. The maximum Gasteiger partial charge on any atom is 0.341 e. The fourth-order valence-corrected chi connectivity index (χ4v) is 3.56. The standard InChI is InChI=1S/C20H17FN2O4S/c1-2-23-19(26)17(28-20(23)22-16-9-4-3-8-15(16)21)11-13-6-5-7-14(10-13)27-12-18(24)25/h3-11H,2,12H2,1H3,(H,24,25)/b17-11+,22-20?. The lowest BCUT2D eigenvalue weighted by Gasteiger charge is -2.12. The van der Waals surface area contributed by atoms with Crippen LogP contribution in [0.2, 0.25) is 0 Å². The number of rotatable bonds is 6. The Kier molecular flexibility index (Phi) is 6.10. The Morgan fingerprint density at radius 3 is 2.79 bits per heavy atom. The molecule has 0 bridgehead atoms. The molecule has 1 amide bonds. The second kappa shape index (κ2) is 8.71. The van der Waals surface area contributed by atoms with E-state index in [9.17, 15) is 14.0 Å². The van der Waals surface area contributed by atoms with Crippen LogP contribution in [0.15, 0.2) is 58.4 Å². The molecule has 0 aliphatic carbocycles. The molecule has 28 heavy (non-hydrogen) atoms. The zero-order valence-corrected chi connectivity index (χ0v) is 15.8. The minimum absolute atomic E-state index is 0.168. The molecular formula is C20H17FN2O4S. The molecule has 0 spiro atoms. The number of thioether (sulfide) groups is 1. The number of aliphatic imine (C=N–C) groups is 1. The number of halogens is 1. The van der Waals surface area contributed by atoms with Gasteiger partial charge in [-0.15, -0.1) is 0 Å². The molecule has 0 unspecified atom stereocenters. The molecule has 2 aromatic carbocycles. The summed E-state index contributed by atoms with van der Waals surface area (Å²) in [6.07, 6.45) is 1.67. The second-order valence-corrected chi connectivity index (χ2v) is 6.77. The van der Waals surface area contributed by atoms with Gasteiger partial charge in [0.25, 0.3) is 5.91 Å². The Balaban J connectivity index is 1.87. The Bertz CT molecular complexity index is 974. The Morgan fingerprint density at radius 1 is 1.29 bits per heavy atom. The van der Waals surface area contributed by atoms with Crippen molar-refractivity contribution in [3.8, 4) is 5.75 Å². The van der Waals surface area contributed by atoms with Gasteiger partial charge in [-0.05, 0) is 54.6 Å². The number of amides is 1. The number of likely N-dealkylation sites (N-methyl/N-ethyl adjacent to an activating group) is 1. The van der Waals surface area contributed by atoms with Crippen LogP contribution in [0.1, 0.15) is 12.5 Å². The van der Waals surface area contributed by atoms with Crippen molar-refractivity contribution >= 4 is 40.6 Å². The van der Waals surface area contributed by atoms with E-state index in [1.54, 1.807) is 48.5 Å². The predicted molar refractivity (Wildman–Crippen MR) is 106 cm³/mol. The maximum atomic E-state index is 13.9. The fraction of sp³-hybridized carbons (Fsp3) is 0.150. The van der Waals surface area contributed by atoms with Gasteiger partial charge in [0.1, 0.15) is 17.3 Å². The number of para-hydroxylation sites is 1. The zero-order chi connectivity index (χ0) is 20.1. The zero-order valence-electron chi connectivity index (χ0n) is 15.0. The van der Waals surface area contributed by atoms with Crippen molar-refractivity contribution < 1.29 is 23.8 Å². The van der Waals surface area contributed by atoms with Crippen LogP contribution in [0.4, 0.5) is 10.1 Å². The Morgan fingerprint density at radius 2 is 2.07 bits per heavy atom. The quantitative estimate of drug-likeness (QED) is 0.744. The van der Waals surface area contributed by atoms with E-state index in [2.05, 4.69) is 4.99 Å². The van der Waals surface area contributed by atoms with E-state index < -0.39 is 18.4 Å². The van der Waals surface area contributed by atoms with Crippen molar-refractivity contribution in [3.63, 3.8) is 0 Å². The van der Waals surface area contributed by atoms with Crippen LogP contribution in [0.5, 0.6) is 5.75 Å². The van der Waals surface area contributed by atoms with Gasteiger partial charge in [0.2, 0.25) is 0 Å². The molecule has 6 nitrogen and oxygen atoms in total. The van der Waals surface area contributed by atoms with Gasteiger partial charge in [-0.3, -0.25) is 9.69 Å². The van der Waals surface area contributed by atoms with Gasteiger partial charge in [-0.25, -0.2) is 14.2 Å². The van der Waals surface area contributed by atoms with Crippen molar-refractivity contribution in [3.05, 3.63) is 64.8 Å². The first-order chi connectivity index (χ1) is 13.5. The van der Waals surface area contributed by atoms with Crippen LogP contribution in [-0.4, -0.2) is 40.2 Å². The average Bonchev–Trinajstić information content (AvgIpc) is 2.96. The summed E-state index contributed by atoms with van der Waals surface area (Å²) in [6.45, 7) is 1.77. The lowest BCUT2D eigenvalue weighted by molar-refractivity contribution is -0.139. The third-order valence-corrected chi connectivity index (χ3v) is 4.80. The molecule has 1 heterocycles. The number of carboxylic acid groups (broad SMARTS) is 1. The number of ether oxygens (including phenoxy) is 1. The molecule has 2 aromatic rings. The minimum Gasteiger partial charge on any atom is -0.482 e. The summed E-state index contributed by atoms with van der Waals surface area (Å²) < 4.78 is 19.1. The summed E-state index contributed by atoms with van der Waals surface area (Å²) in [4.78, 5) is 29.5. The van der Waals surface area contributed by atoms with Crippen molar-refractivity contribution in [2.75, 3.05) is 13.2 Å². The van der Waals surface area contributed by atoms with Crippen molar-refractivity contribution in [2.24, 2.45) is 4.99 Å². The number of hydrogen-bond acceptors (Lipinski definition) is 5. The average molecular weight is 400 g/mol. The van der Waals surface area contributed by atoms with Crippen LogP contribution in [0.3, 0.4) is 0 Å². The molecule has 0 saturated carbocycles. The molecule has 0 atom stereocenters. The third kappa shape index (κ3) is 4.58. The minimum atomic E-state index is -1.07.